The highest BCUT2D eigenvalue weighted by Gasteiger charge is 2.45. The Morgan fingerprint density at radius 1 is 0.750 bits per heavy atom. The summed E-state index contributed by atoms with van der Waals surface area (Å²) in [5, 5.41) is 2.31. The van der Waals surface area contributed by atoms with Crippen LogP contribution in [0.2, 0.25) is 0 Å². The van der Waals surface area contributed by atoms with Gasteiger partial charge in [-0.05, 0) is 46.5 Å². The molecule has 0 fully saturated rings. The first-order valence-electron chi connectivity index (χ1n) is 9.56. The molecule has 1 heterocycles. The fraction of sp³-hybridized carbons (Fsp3) is 0.115. The summed E-state index contributed by atoms with van der Waals surface area (Å²) in [5.74, 6) is 0.811. The molecule has 0 saturated carbocycles. The number of para-hydroxylation sites is 1. The van der Waals surface area contributed by atoms with Crippen LogP contribution in [0, 0.1) is 0 Å². The second-order valence-corrected chi connectivity index (χ2v) is 7.42. The Kier molecular flexibility index (Phi) is 3.98. The van der Waals surface area contributed by atoms with Gasteiger partial charge >= 0.3 is 0 Å². The first-order valence-corrected chi connectivity index (χ1v) is 9.56. The van der Waals surface area contributed by atoms with Crippen molar-refractivity contribution in [3.63, 3.8) is 0 Å². The van der Waals surface area contributed by atoms with Crippen molar-refractivity contribution in [2.75, 3.05) is 6.61 Å². The van der Waals surface area contributed by atoms with Gasteiger partial charge in [-0.15, -0.1) is 0 Å². The molecule has 2 nitrogen and oxygen atoms in total. The maximum Gasteiger partial charge on any atom is 0.180 e. The molecule has 0 saturated heterocycles. The lowest BCUT2D eigenvalue weighted by atomic mass is 9.69. The first kappa shape index (κ1) is 16.8. The minimum Gasteiger partial charge on any atom is -0.491 e. The standard InChI is InChI=1S/C26H20O2/c27-25-23-12-6-7-13-24(23)28-18-26(25,17-19-8-2-1-3-9-19)22-15-14-20-10-4-5-11-21(20)16-22/h1-16H,17-18H2/t26-/m0/s1. The topological polar surface area (TPSA) is 26.3 Å². The van der Waals surface area contributed by atoms with Crippen molar-refractivity contribution in [3.8, 4) is 5.75 Å². The summed E-state index contributed by atoms with van der Waals surface area (Å²) >= 11 is 0. The largest absolute Gasteiger partial charge is 0.491 e. The third-order valence-electron chi connectivity index (χ3n) is 5.69. The Labute approximate surface area is 164 Å². The molecule has 1 aliphatic rings. The summed E-state index contributed by atoms with van der Waals surface area (Å²) in [6.07, 6.45) is 0.610. The quantitative estimate of drug-likeness (QED) is 0.473. The zero-order valence-corrected chi connectivity index (χ0v) is 15.5. The number of fused-ring (bicyclic) bond motifs is 2. The average Bonchev–Trinajstić information content (AvgIpc) is 2.76. The van der Waals surface area contributed by atoms with Gasteiger partial charge in [0.15, 0.2) is 5.78 Å². The average molecular weight is 364 g/mol. The lowest BCUT2D eigenvalue weighted by Crippen LogP contribution is -2.46. The second-order valence-electron chi connectivity index (χ2n) is 7.42. The molecule has 28 heavy (non-hydrogen) atoms. The predicted octanol–water partition coefficient (Wildman–Crippen LogP) is 5.60. The van der Waals surface area contributed by atoms with Gasteiger partial charge in [0.05, 0.1) is 11.0 Å². The third-order valence-corrected chi connectivity index (χ3v) is 5.69. The highest BCUT2D eigenvalue weighted by atomic mass is 16.5. The van der Waals surface area contributed by atoms with Crippen LogP contribution in [0.3, 0.4) is 0 Å². The van der Waals surface area contributed by atoms with Crippen molar-refractivity contribution in [2.24, 2.45) is 0 Å². The Morgan fingerprint density at radius 3 is 2.32 bits per heavy atom. The van der Waals surface area contributed by atoms with Crippen molar-refractivity contribution in [2.45, 2.75) is 11.8 Å². The number of carbonyl (C=O) groups excluding carboxylic acids is 1. The number of hydrogen-bond acceptors (Lipinski definition) is 2. The molecule has 0 aromatic heterocycles. The third kappa shape index (κ3) is 2.69. The van der Waals surface area contributed by atoms with Crippen LogP contribution in [0.25, 0.3) is 10.8 Å². The molecule has 0 amide bonds. The fourth-order valence-corrected chi connectivity index (χ4v) is 4.18. The summed E-state index contributed by atoms with van der Waals surface area (Å²) in [6, 6.07) is 32.3. The predicted molar refractivity (Wildman–Crippen MR) is 112 cm³/mol. The van der Waals surface area contributed by atoms with Crippen LogP contribution in [-0.4, -0.2) is 12.4 Å². The van der Waals surface area contributed by atoms with E-state index in [4.69, 9.17) is 4.74 Å². The first-order chi connectivity index (χ1) is 13.8. The number of rotatable bonds is 3. The number of benzene rings is 4. The monoisotopic (exact) mass is 364 g/mol. The highest BCUT2D eigenvalue weighted by molar-refractivity contribution is 6.07. The Balaban J connectivity index is 1.70. The molecule has 2 heteroatoms. The van der Waals surface area contributed by atoms with E-state index < -0.39 is 5.41 Å². The lowest BCUT2D eigenvalue weighted by Gasteiger charge is -2.37. The molecule has 0 unspecified atom stereocenters. The zero-order chi connectivity index (χ0) is 19.0. The van der Waals surface area contributed by atoms with Gasteiger partial charge in [-0.2, -0.15) is 0 Å². The summed E-state index contributed by atoms with van der Waals surface area (Å²) in [4.78, 5) is 13.8. The molecular weight excluding hydrogens is 344 g/mol. The molecule has 4 aromatic carbocycles. The maximum atomic E-state index is 13.8. The van der Waals surface area contributed by atoms with Crippen LogP contribution in [0.1, 0.15) is 21.5 Å². The van der Waals surface area contributed by atoms with Crippen molar-refractivity contribution in [1.82, 2.24) is 0 Å². The number of carbonyl (C=O) groups is 1. The van der Waals surface area contributed by atoms with E-state index in [-0.39, 0.29) is 5.78 Å². The SMILES string of the molecule is O=C1c2ccccc2OC[C@@]1(Cc1ccccc1)c1ccc2ccccc2c1. The van der Waals surface area contributed by atoms with Crippen LogP contribution in [0.4, 0.5) is 0 Å². The van der Waals surface area contributed by atoms with Crippen LogP contribution in [0.15, 0.2) is 97.1 Å². The molecule has 136 valence electrons. The van der Waals surface area contributed by atoms with Crippen molar-refractivity contribution in [1.29, 1.82) is 0 Å². The van der Waals surface area contributed by atoms with Gasteiger partial charge < -0.3 is 4.74 Å². The molecule has 0 radical (unpaired) electrons. The van der Waals surface area contributed by atoms with E-state index in [2.05, 4.69) is 42.5 Å². The van der Waals surface area contributed by atoms with E-state index in [9.17, 15) is 4.79 Å². The van der Waals surface area contributed by atoms with E-state index in [1.165, 1.54) is 5.39 Å². The molecule has 4 aromatic rings. The van der Waals surface area contributed by atoms with Crippen molar-refractivity contribution < 1.29 is 9.53 Å². The summed E-state index contributed by atoms with van der Waals surface area (Å²) < 4.78 is 6.13. The van der Waals surface area contributed by atoms with Crippen LogP contribution in [0.5, 0.6) is 5.75 Å². The number of Topliss-reactive ketones (excluding diaryl/α,β-unsaturated/α-hetero) is 1. The smallest absolute Gasteiger partial charge is 0.180 e. The van der Waals surface area contributed by atoms with Gasteiger partial charge in [0.2, 0.25) is 0 Å². The van der Waals surface area contributed by atoms with E-state index in [1.807, 2.05) is 54.6 Å². The van der Waals surface area contributed by atoms with E-state index >= 15 is 0 Å². The van der Waals surface area contributed by atoms with Gasteiger partial charge in [-0.1, -0.05) is 78.9 Å². The molecule has 0 aliphatic carbocycles. The van der Waals surface area contributed by atoms with Gasteiger partial charge in [-0.25, -0.2) is 0 Å². The Morgan fingerprint density at radius 2 is 1.46 bits per heavy atom. The van der Waals surface area contributed by atoms with Gasteiger partial charge in [0.25, 0.3) is 0 Å². The van der Waals surface area contributed by atoms with Crippen LogP contribution < -0.4 is 4.74 Å². The highest BCUT2D eigenvalue weighted by Crippen LogP contribution is 2.40. The molecule has 0 spiro atoms. The molecular formula is C26H20O2. The minimum atomic E-state index is -0.736. The minimum absolute atomic E-state index is 0.133. The number of ketones is 1. The number of ether oxygens (including phenoxy) is 1. The van der Waals surface area contributed by atoms with Crippen molar-refractivity contribution >= 4 is 16.6 Å². The summed E-state index contributed by atoms with van der Waals surface area (Å²) in [5.41, 5.74) is 2.07. The number of hydrogen-bond donors (Lipinski definition) is 0. The van der Waals surface area contributed by atoms with E-state index in [1.54, 1.807) is 0 Å². The molecule has 0 N–H and O–H groups in total. The lowest BCUT2D eigenvalue weighted by molar-refractivity contribution is 0.0766. The zero-order valence-electron chi connectivity index (χ0n) is 15.5. The molecule has 1 atom stereocenters. The van der Waals surface area contributed by atoms with E-state index in [0.717, 1.165) is 16.5 Å². The summed E-state index contributed by atoms with van der Waals surface area (Å²) in [7, 11) is 0. The Bertz CT molecular complexity index is 1160. The van der Waals surface area contributed by atoms with Crippen LogP contribution >= 0.6 is 0 Å². The van der Waals surface area contributed by atoms with E-state index in [0.29, 0.717) is 24.3 Å². The maximum absolute atomic E-state index is 13.8. The molecule has 5 rings (SSSR count). The normalized spacial score (nSPS) is 18.5. The molecule has 0 bridgehead atoms. The van der Waals surface area contributed by atoms with Gasteiger partial charge in [-0.3, -0.25) is 4.79 Å². The van der Waals surface area contributed by atoms with Gasteiger partial charge in [0, 0.05) is 0 Å². The van der Waals surface area contributed by atoms with Crippen LogP contribution in [-0.2, 0) is 11.8 Å². The second kappa shape index (κ2) is 6.65. The van der Waals surface area contributed by atoms with Crippen molar-refractivity contribution in [3.05, 3.63) is 114 Å². The molecule has 1 aliphatic heterocycles. The van der Waals surface area contributed by atoms with Gasteiger partial charge in [0.1, 0.15) is 12.4 Å². The summed E-state index contributed by atoms with van der Waals surface area (Å²) in [6.45, 7) is 0.343. The Hall–Kier alpha value is -3.39. The fourth-order valence-electron chi connectivity index (χ4n) is 4.18.